The third-order valence-electron chi connectivity index (χ3n) is 4.80. The molecule has 0 radical (unpaired) electrons. The molecule has 3 N–H and O–H groups in total. The summed E-state index contributed by atoms with van der Waals surface area (Å²) in [7, 11) is 1.43. The molecule has 3 aromatic carbocycles. The Labute approximate surface area is 207 Å². The zero-order valence-corrected chi connectivity index (χ0v) is 19.8. The molecular weight excluding hydrogens is 464 g/mol. The molecule has 3 amide bonds. The third kappa shape index (κ3) is 7.00. The average Bonchev–Trinajstić information content (AvgIpc) is 2.85. The molecule has 3 rings (SSSR count). The summed E-state index contributed by atoms with van der Waals surface area (Å²) in [6.07, 6.45) is 1.31. The van der Waals surface area contributed by atoms with E-state index in [0.717, 1.165) is 5.56 Å². The number of hydrazone groups is 1. The largest absolute Gasteiger partial charge is 0.493 e. The lowest BCUT2D eigenvalue weighted by Gasteiger charge is -2.11. The minimum atomic E-state index is -0.979. The summed E-state index contributed by atoms with van der Waals surface area (Å²) in [4.78, 5) is 47.6. The Morgan fingerprint density at radius 2 is 1.50 bits per heavy atom. The van der Waals surface area contributed by atoms with Crippen molar-refractivity contribution in [1.82, 2.24) is 5.43 Å². The summed E-state index contributed by atoms with van der Waals surface area (Å²) in [6, 6.07) is 18.0. The van der Waals surface area contributed by atoms with E-state index in [9.17, 15) is 19.2 Å². The fraction of sp³-hybridized carbons (Fsp3) is 0.115. The van der Waals surface area contributed by atoms with Crippen LogP contribution in [0.15, 0.2) is 71.8 Å². The van der Waals surface area contributed by atoms with Crippen LogP contribution in [0.25, 0.3) is 0 Å². The Balaban J connectivity index is 1.57. The van der Waals surface area contributed by atoms with Crippen LogP contribution in [-0.2, 0) is 14.4 Å². The first-order valence-electron chi connectivity index (χ1n) is 10.7. The van der Waals surface area contributed by atoms with E-state index in [1.807, 2.05) is 19.1 Å². The number of aryl methyl sites for hydroxylation is 1. The van der Waals surface area contributed by atoms with Crippen molar-refractivity contribution in [3.8, 4) is 11.5 Å². The second-order valence-electron chi connectivity index (χ2n) is 7.53. The Bertz CT molecular complexity index is 1320. The second-order valence-corrected chi connectivity index (χ2v) is 7.53. The van der Waals surface area contributed by atoms with Crippen molar-refractivity contribution >= 4 is 41.3 Å². The molecule has 0 aliphatic carbocycles. The molecule has 0 aromatic heterocycles. The van der Waals surface area contributed by atoms with Gasteiger partial charge in [0, 0.05) is 18.3 Å². The van der Waals surface area contributed by atoms with E-state index in [1.165, 1.54) is 26.3 Å². The molecule has 36 heavy (non-hydrogen) atoms. The van der Waals surface area contributed by atoms with Gasteiger partial charge in [0.25, 0.3) is 0 Å². The molecular formula is C26H24N4O6. The normalized spacial score (nSPS) is 10.4. The zero-order chi connectivity index (χ0) is 26.1. The van der Waals surface area contributed by atoms with Crippen LogP contribution in [0.4, 0.5) is 11.4 Å². The van der Waals surface area contributed by atoms with Gasteiger partial charge in [-0.25, -0.2) is 10.2 Å². The summed E-state index contributed by atoms with van der Waals surface area (Å²) in [6.45, 7) is 3.19. The van der Waals surface area contributed by atoms with Crippen LogP contribution in [-0.4, -0.2) is 37.0 Å². The summed E-state index contributed by atoms with van der Waals surface area (Å²) in [5.41, 5.74) is 4.81. The van der Waals surface area contributed by atoms with Crippen LogP contribution in [0.1, 0.15) is 28.4 Å². The van der Waals surface area contributed by atoms with Crippen LogP contribution >= 0.6 is 0 Å². The molecule has 184 valence electrons. The molecule has 0 saturated heterocycles. The Morgan fingerprint density at radius 1 is 0.833 bits per heavy atom. The molecule has 0 unspecified atom stereocenters. The van der Waals surface area contributed by atoms with Crippen molar-refractivity contribution in [1.29, 1.82) is 0 Å². The standard InChI is InChI=1S/C26H24N4O6/c1-16-6-4-5-7-21(16)26(34)36-22-13-8-18(14-23(22)35-3)15-27-30-25(33)24(32)29-20-11-9-19(10-12-20)28-17(2)31/h4-15H,1-3H3,(H,28,31)(H,29,32)(H,30,33)/b27-15+. The average molecular weight is 489 g/mol. The number of amides is 3. The van der Waals surface area contributed by atoms with E-state index >= 15 is 0 Å². The lowest BCUT2D eigenvalue weighted by molar-refractivity contribution is -0.136. The molecule has 0 aliphatic heterocycles. The quantitative estimate of drug-likeness (QED) is 0.154. The third-order valence-corrected chi connectivity index (χ3v) is 4.80. The summed E-state index contributed by atoms with van der Waals surface area (Å²) in [5.74, 6) is -2.14. The fourth-order valence-corrected chi connectivity index (χ4v) is 3.05. The van der Waals surface area contributed by atoms with Crippen LogP contribution in [0.5, 0.6) is 11.5 Å². The molecule has 10 nitrogen and oxygen atoms in total. The van der Waals surface area contributed by atoms with Gasteiger partial charge in [-0.3, -0.25) is 14.4 Å². The Morgan fingerprint density at radius 3 is 2.14 bits per heavy atom. The fourth-order valence-electron chi connectivity index (χ4n) is 3.05. The van der Waals surface area contributed by atoms with Crippen molar-refractivity contribution in [3.05, 3.63) is 83.4 Å². The summed E-state index contributed by atoms with van der Waals surface area (Å²) < 4.78 is 10.8. The molecule has 0 fully saturated rings. The number of ether oxygens (including phenoxy) is 2. The van der Waals surface area contributed by atoms with Gasteiger partial charge in [-0.2, -0.15) is 5.10 Å². The van der Waals surface area contributed by atoms with Gasteiger partial charge in [0.15, 0.2) is 11.5 Å². The van der Waals surface area contributed by atoms with Crippen molar-refractivity contribution in [3.63, 3.8) is 0 Å². The molecule has 0 saturated carbocycles. The van der Waals surface area contributed by atoms with Gasteiger partial charge in [0.1, 0.15) is 0 Å². The SMILES string of the molecule is COc1cc(/C=N/NC(=O)C(=O)Nc2ccc(NC(C)=O)cc2)ccc1OC(=O)c1ccccc1C. The highest BCUT2D eigenvalue weighted by Gasteiger charge is 2.15. The van der Waals surface area contributed by atoms with Crippen molar-refractivity contribution in [2.24, 2.45) is 5.10 Å². The number of rotatable bonds is 7. The number of esters is 1. The summed E-state index contributed by atoms with van der Waals surface area (Å²) in [5, 5.41) is 8.80. The Hall–Kier alpha value is -4.99. The van der Waals surface area contributed by atoms with E-state index in [4.69, 9.17) is 9.47 Å². The minimum absolute atomic E-state index is 0.218. The second kappa shape index (κ2) is 11.9. The molecule has 0 atom stereocenters. The number of hydrogen-bond acceptors (Lipinski definition) is 7. The van der Waals surface area contributed by atoms with Crippen LogP contribution in [0, 0.1) is 6.92 Å². The molecule has 0 heterocycles. The highest BCUT2D eigenvalue weighted by molar-refractivity contribution is 6.39. The minimum Gasteiger partial charge on any atom is -0.493 e. The molecule has 0 bridgehead atoms. The van der Waals surface area contributed by atoms with Crippen LogP contribution in [0.2, 0.25) is 0 Å². The molecule has 3 aromatic rings. The highest BCUT2D eigenvalue weighted by Crippen LogP contribution is 2.28. The lowest BCUT2D eigenvalue weighted by atomic mass is 10.1. The van der Waals surface area contributed by atoms with Gasteiger partial charge in [-0.1, -0.05) is 18.2 Å². The van der Waals surface area contributed by atoms with E-state index < -0.39 is 17.8 Å². The number of hydrogen-bond donors (Lipinski definition) is 3. The molecule has 0 aliphatic rings. The van der Waals surface area contributed by atoms with Gasteiger partial charge >= 0.3 is 17.8 Å². The molecule has 10 heteroatoms. The van der Waals surface area contributed by atoms with Gasteiger partial charge in [-0.05, 0) is 66.6 Å². The maximum absolute atomic E-state index is 12.5. The molecule has 0 spiro atoms. The number of carbonyl (C=O) groups excluding carboxylic acids is 4. The van der Waals surface area contributed by atoms with E-state index in [0.29, 0.717) is 22.5 Å². The predicted molar refractivity (Wildman–Crippen MR) is 134 cm³/mol. The van der Waals surface area contributed by atoms with Crippen LogP contribution < -0.4 is 25.5 Å². The predicted octanol–water partition coefficient (Wildman–Crippen LogP) is 3.27. The topological polar surface area (TPSA) is 135 Å². The highest BCUT2D eigenvalue weighted by atomic mass is 16.6. The van der Waals surface area contributed by atoms with Crippen molar-refractivity contribution in [2.75, 3.05) is 17.7 Å². The first-order chi connectivity index (χ1) is 17.3. The maximum Gasteiger partial charge on any atom is 0.343 e. The summed E-state index contributed by atoms with van der Waals surface area (Å²) >= 11 is 0. The van der Waals surface area contributed by atoms with Crippen molar-refractivity contribution in [2.45, 2.75) is 13.8 Å². The number of nitrogens with zero attached hydrogens (tertiary/aromatic N) is 1. The van der Waals surface area contributed by atoms with Gasteiger partial charge in [0.2, 0.25) is 5.91 Å². The van der Waals surface area contributed by atoms with Crippen LogP contribution in [0.3, 0.4) is 0 Å². The number of carbonyl (C=O) groups is 4. The first-order valence-corrected chi connectivity index (χ1v) is 10.7. The van der Waals surface area contributed by atoms with E-state index in [-0.39, 0.29) is 17.4 Å². The number of methoxy groups -OCH3 is 1. The number of benzene rings is 3. The van der Waals surface area contributed by atoms with E-state index in [1.54, 1.807) is 48.5 Å². The smallest absolute Gasteiger partial charge is 0.343 e. The number of nitrogens with one attached hydrogen (secondary N) is 3. The van der Waals surface area contributed by atoms with E-state index in [2.05, 4.69) is 21.2 Å². The van der Waals surface area contributed by atoms with Gasteiger partial charge in [0.05, 0.1) is 18.9 Å². The van der Waals surface area contributed by atoms with Crippen molar-refractivity contribution < 1.29 is 28.7 Å². The maximum atomic E-state index is 12.5. The first kappa shape index (κ1) is 25.6. The number of anilines is 2. The Kier molecular flexibility index (Phi) is 8.49. The van der Waals surface area contributed by atoms with Gasteiger partial charge in [-0.15, -0.1) is 0 Å². The lowest BCUT2D eigenvalue weighted by Crippen LogP contribution is -2.32. The monoisotopic (exact) mass is 488 g/mol. The van der Waals surface area contributed by atoms with Gasteiger partial charge < -0.3 is 20.1 Å². The zero-order valence-electron chi connectivity index (χ0n) is 19.8.